The molecule has 1 rings (SSSR count). The number of hydrogen-bond acceptors (Lipinski definition) is 3. The van der Waals surface area contributed by atoms with E-state index in [0.717, 1.165) is 10.0 Å². The number of alkyl carbamates (subject to hydrolysis) is 1. The molecule has 0 spiro atoms. The predicted molar refractivity (Wildman–Crippen MR) is 84.8 cm³/mol. The average molecular weight is 343 g/mol. The topological polar surface area (TPSA) is 64.3 Å². The fourth-order valence-corrected chi connectivity index (χ4v) is 2.20. The van der Waals surface area contributed by atoms with Crippen LogP contribution in [0.3, 0.4) is 0 Å². The van der Waals surface area contributed by atoms with E-state index in [0.29, 0.717) is 13.0 Å². The summed E-state index contributed by atoms with van der Waals surface area (Å²) >= 11 is 3.46. The second-order valence-electron chi connectivity index (χ2n) is 5.85. The van der Waals surface area contributed by atoms with E-state index in [4.69, 9.17) is 10.5 Å². The molecule has 1 unspecified atom stereocenters. The third-order valence-corrected chi connectivity index (χ3v) is 3.28. The molecule has 0 aromatic heterocycles. The van der Waals surface area contributed by atoms with Crippen LogP contribution in [-0.2, 0) is 11.2 Å². The Kier molecular flexibility index (Phi) is 6.02. The van der Waals surface area contributed by atoms with Crippen molar-refractivity contribution < 1.29 is 9.53 Å². The molecule has 0 radical (unpaired) electrons. The van der Waals surface area contributed by atoms with Gasteiger partial charge in [0, 0.05) is 17.1 Å². The Labute approximate surface area is 129 Å². The second-order valence-corrected chi connectivity index (χ2v) is 6.77. The van der Waals surface area contributed by atoms with Gasteiger partial charge in [0.2, 0.25) is 0 Å². The van der Waals surface area contributed by atoms with Crippen LogP contribution in [0.25, 0.3) is 0 Å². The number of nitrogens with one attached hydrogen (secondary N) is 1. The quantitative estimate of drug-likeness (QED) is 0.883. The van der Waals surface area contributed by atoms with Gasteiger partial charge in [0.05, 0.1) is 0 Å². The Hall–Kier alpha value is -1.07. The van der Waals surface area contributed by atoms with Gasteiger partial charge in [-0.3, -0.25) is 0 Å². The summed E-state index contributed by atoms with van der Waals surface area (Å²) in [6, 6.07) is 5.95. The van der Waals surface area contributed by atoms with Crippen LogP contribution < -0.4 is 11.1 Å². The van der Waals surface area contributed by atoms with E-state index in [-0.39, 0.29) is 6.04 Å². The molecule has 0 saturated heterocycles. The van der Waals surface area contributed by atoms with E-state index >= 15 is 0 Å². The maximum Gasteiger partial charge on any atom is 0.407 e. The molecule has 0 aliphatic heterocycles. The van der Waals surface area contributed by atoms with Crippen molar-refractivity contribution in [2.75, 3.05) is 6.54 Å². The standard InChI is InChI=1S/C15H23BrN2O2/c1-10-5-6-12(16)7-11(10)8-13(9-17)18-14(19)20-15(2,3)4/h5-7,13H,8-9,17H2,1-4H3,(H,18,19). The Morgan fingerprint density at radius 2 is 2.10 bits per heavy atom. The van der Waals surface area contributed by atoms with Crippen molar-refractivity contribution >= 4 is 22.0 Å². The van der Waals surface area contributed by atoms with Crippen molar-refractivity contribution in [1.29, 1.82) is 0 Å². The van der Waals surface area contributed by atoms with Gasteiger partial charge in [-0.2, -0.15) is 0 Å². The van der Waals surface area contributed by atoms with Gasteiger partial charge in [-0.1, -0.05) is 22.0 Å². The van der Waals surface area contributed by atoms with Crippen molar-refractivity contribution in [1.82, 2.24) is 5.32 Å². The predicted octanol–water partition coefficient (Wildman–Crippen LogP) is 3.15. The van der Waals surface area contributed by atoms with Crippen LogP contribution in [0.15, 0.2) is 22.7 Å². The maximum absolute atomic E-state index is 11.8. The van der Waals surface area contributed by atoms with Gasteiger partial charge in [0.1, 0.15) is 5.60 Å². The van der Waals surface area contributed by atoms with E-state index in [1.54, 1.807) is 0 Å². The molecule has 1 aromatic rings. The number of aryl methyl sites for hydroxylation is 1. The fourth-order valence-electron chi connectivity index (χ4n) is 1.79. The highest BCUT2D eigenvalue weighted by Gasteiger charge is 2.19. The summed E-state index contributed by atoms with van der Waals surface area (Å²) < 4.78 is 6.27. The van der Waals surface area contributed by atoms with Crippen LogP contribution in [0.4, 0.5) is 4.79 Å². The van der Waals surface area contributed by atoms with Crippen LogP contribution in [-0.4, -0.2) is 24.3 Å². The lowest BCUT2D eigenvalue weighted by Crippen LogP contribution is -2.44. The van der Waals surface area contributed by atoms with Crippen LogP contribution in [0.5, 0.6) is 0 Å². The summed E-state index contributed by atoms with van der Waals surface area (Å²) in [4.78, 5) is 11.8. The molecule has 0 fully saturated rings. The Morgan fingerprint density at radius 3 is 2.65 bits per heavy atom. The average Bonchev–Trinajstić information content (AvgIpc) is 2.30. The molecule has 0 bridgehead atoms. The lowest BCUT2D eigenvalue weighted by molar-refractivity contribution is 0.0506. The van der Waals surface area contributed by atoms with Crippen LogP contribution >= 0.6 is 15.9 Å². The van der Waals surface area contributed by atoms with E-state index in [2.05, 4.69) is 27.3 Å². The number of rotatable bonds is 4. The zero-order valence-corrected chi connectivity index (χ0v) is 14.1. The van der Waals surface area contributed by atoms with Gasteiger partial charge in [-0.25, -0.2) is 4.79 Å². The van der Waals surface area contributed by atoms with Gasteiger partial charge < -0.3 is 15.8 Å². The minimum absolute atomic E-state index is 0.141. The Morgan fingerprint density at radius 1 is 1.45 bits per heavy atom. The normalized spacial score (nSPS) is 12.9. The second kappa shape index (κ2) is 7.09. The molecule has 0 aliphatic carbocycles. The number of nitrogens with two attached hydrogens (primary N) is 1. The molecule has 20 heavy (non-hydrogen) atoms. The van der Waals surface area contributed by atoms with Gasteiger partial charge in [-0.15, -0.1) is 0 Å². The van der Waals surface area contributed by atoms with Crippen molar-refractivity contribution in [2.24, 2.45) is 5.73 Å². The molecular weight excluding hydrogens is 320 g/mol. The maximum atomic E-state index is 11.8. The number of ether oxygens (including phenoxy) is 1. The highest BCUT2D eigenvalue weighted by Crippen LogP contribution is 2.17. The number of benzene rings is 1. The van der Waals surface area contributed by atoms with Crippen LogP contribution in [0, 0.1) is 6.92 Å². The molecule has 0 aliphatic rings. The summed E-state index contributed by atoms with van der Waals surface area (Å²) in [6.07, 6.45) is 0.252. The Balaban J connectivity index is 2.68. The largest absolute Gasteiger partial charge is 0.444 e. The SMILES string of the molecule is Cc1ccc(Br)cc1CC(CN)NC(=O)OC(C)(C)C. The number of hydrogen-bond donors (Lipinski definition) is 2. The third kappa shape index (κ3) is 5.92. The number of amides is 1. The molecule has 0 heterocycles. The summed E-state index contributed by atoms with van der Waals surface area (Å²) in [5.41, 5.74) is 7.57. The van der Waals surface area contributed by atoms with Crippen LogP contribution in [0.2, 0.25) is 0 Å². The van der Waals surface area contributed by atoms with Gasteiger partial charge in [0.25, 0.3) is 0 Å². The van der Waals surface area contributed by atoms with Gasteiger partial charge >= 0.3 is 6.09 Å². The molecular formula is C15H23BrN2O2. The highest BCUT2D eigenvalue weighted by atomic mass is 79.9. The summed E-state index contributed by atoms with van der Waals surface area (Å²) in [5.74, 6) is 0. The molecule has 1 aromatic carbocycles. The first-order valence-corrected chi connectivity index (χ1v) is 7.45. The van der Waals surface area contributed by atoms with Crippen molar-refractivity contribution in [3.05, 3.63) is 33.8 Å². The molecule has 112 valence electrons. The van der Waals surface area contributed by atoms with Crippen molar-refractivity contribution in [3.63, 3.8) is 0 Å². The number of carbonyl (C=O) groups is 1. The number of carbonyl (C=O) groups excluding carboxylic acids is 1. The third-order valence-electron chi connectivity index (χ3n) is 2.78. The van der Waals surface area contributed by atoms with Crippen molar-refractivity contribution in [2.45, 2.75) is 45.8 Å². The van der Waals surface area contributed by atoms with Gasteiger partial charge in [-0.05, 0) is 57.4 Å². The lowest BCUT2D eigenvalue weighted by Gasteiger charge is -2.23. The monoisotopic (exact) mass is 342 g/mol. The van der Waals surface area contributed by atoms with E-state index in [1.165, 1.54) is 5.56 Å². The van der Waals surface area contributed by atoms with E-state index in [1.807, 2.05) is 39.8 Å². The Bertz CT molecular complexity index is 469. The smallest absolute Gasteiger partial charge is 0.407 e. The first-order chi connectivity index (χ1) is 9.21. The molecule has 1 atom stereocenters. The molecule has 3 N–H and O–H groups in total. The minimum atomic E-state index is -0.505. The molecule has 0 saturated carbocycles. The summed E-state index contributed by atoms with van der Waals surface area (Å²) in [6.45, 7) is 7.92. The number of halogens is 1. The van der Waals surface area contributed by atoms with Gasteiger partial charge in [0.15, 0.2) is 0 Å². The van der Waals surface area contributed by atoms with E-state index < -0.39 is 11.7 Å². The zero-order chi connectivity index (χ0) is 15.3. The van der Waals surface area contributed by atoms with E-state index in [9.17, 15) is 4.79 Å². The minimum Gasteiger partial charge on any atom is -0.444 e. The lowest BCUT2D eigenvalue weighted by atomic mass is 10.0. The van der Waals surface area contributed by atoms with Crippen LogP contribution in [0.1, 0.15) is 31.9 Å². The summed E-state index contributed by atoms with van der Waals surface area (Å²) in [5, 5.41) is 2.82. The first-order valence-electron chi connectivity index (χ1n) is 6.66. The molecule has 4 nitrogen and oxygen atoms in total. The summed E-state index contributed by atoms with van der Waals surface area (Å²) in [7, 11) is 0. The molecule has 1 amide bonds. The zero-order valence-electron chi connectivity index (χ0n) is 12.5. The highest BCUT2D eigenvalue weighted by molar-refractivity contribution is 9.10. The fraction of sp³-hybridized carbons (Fsp3) is 0.533. The van der Waals surface area contributed by atoms with Crippen molar-refractivity contribution in [3.8, 4) is 0 Å². The molecule has 5 heteroatoms. The first kappa shape index (κ1) is 17.0.